The number of para-hydroxylation sites is 1. The average Bonchev–Trinajstić information content (AvgIpc) is 3.54. The van der Waals surface area contributed by atoms with E-state index < -0.39 is 11.6 Å². The minimum absolute atomic E-state index is 0.0968. The Morgan fingerprint density at radius 2 is 1.94 bits per heavy atom. The standard InChI is InChI=1S/C23H27N3O5/c1-15-5-4-12-24(13-15)20(28)14-31-22(30)23-11-10-19(27)26(23)18-7-3-2-6-17(18)21(29)25(23)16-8-9-16/h2-3,6-7,15-16H,4-5,8-14H2,1H3/t15-,23-/m1/s1. The highest BCUT2D eigenvalue weighted by Gasteiger charge is 2.64. The number of piperidine rings is 1. The van der Waals surface area contributed by atoms with E-state index in [-0.39, 0.29) is 43.2 Å². The summed E-state index contributed by atoms with van der Waals surface area (Å²) in [5, 5.41) is 0. The quantitative estimate of drug-likeness (QED) is 0.688. The maximum Gasteiger partial charge on any atom is 0.354 e. The number of hydrogen-bond donors (Lipinski definition) is 0. The van der Waals surface area contributed by atoms with Gasteiger partial charge in [-0.3, -0.25) is 19.3 Å². The lowest BCUT2D eigenvalue weighted by Gasteiger charge is -2.48. The summed E-state index contributed by atoms with van der Waals surface area (Å²) in [6.45, 7) is 3.05. The topological polar surface area (TPSA) is 87.2 Å². The van der Waals surface area contributed by atoms with Gasteiger partial charge in [0.15, 0.2) is 6.61 Å². The summed E-state index contributed by atoms with van der Waals surface area (Å²) in [6.07, 6.45) is 3.92. The lowest BCUT2D eigenvalue weighted by atomic mass is 9.96. The zero-order valence-electron chi connectivity index (χ0n) is 17.7. The Balaban J connectivity index is 1.44. The predicted molar refractivity (Wildman–Crippen MR) is 111 cm³/mol. The normalized spacial score (nSPS) is 27.8. The highest BCUT2D eigenvalue weighted by Crippen LogP contribution is 2.49. The second-order valence-electron chi connectivity index (χ2n) is 9.13. The van der Waals surface area contributed by atoms with E-state index in [1.807, 2.05) is 0 Å². The summed E-state index contributed by atoms with van der Waals surface area (Å²) in [6, 6.07) is 6.80. The molecule has 1 aromatic rings. The average molecular weight is 425 g/mol. The smallest absolute Gasteiger partial charge is 0.354 e. The first-order valence-corrected chi connectivity index (χ1v) is 11.1. The van der Waals surface area contributed by atoms with Gasteiger partial charge in [-0.05, 0) is 43.7 Å². The van der Waals surface area contributed by atoms with Gasteiger partial charge in [0.2, 0.25) is 11.6 Å². The molecule has 0 spiro atoms. The Bertz CT molecular complexity index is 958. The molecule has 31 heavy (non-hydrogen) atoms. The predicted octanol–water partition coefficient (Wildman–Crippen LogP) is 1.93. The van der Waals surface area contributed by atoms with E-state index in [9.17, 15) is 19.2 Å². The Morgan fingerprint density at radius 1 is 1.16 bits per heavy atom. The number of benzene rings is 1. The van der Waals surface area contributed by atoms with Crippen molar-refractivity contribution in [1.29, 1.82) is 0 Å². The third kappa shape index (κ3) is 3.11. The van der Waals surface area contributed by atoms with Crippen molar-refractivity contribution in [1.82, 2.24) is 9.80 Å². The van der Waals surface area contributed by atoms with Gasteiger partial charge in [-0.15, -0.1) is 0 Å². The fraction of sp³-hybridized carbons (Fsp3) is 0.565. The highest BCUT2D eigenvalue weighted by atomic mass is 16.5. The zero-order chi connectivity index (χ0) is 21.8. The molecule has 1 aliphatic carbocycles. The first kappa shape index (κ1) is 20.0. The number of likely N-dealkylation sites (tertiary alicyclic amines) is 1. The molecule has 3 heterocycles. The molecule has 0 N–H and O–H groups in total. The van der Waals surface area contributed by atoms with E-state index in [1.54, 1.807) is 34.1 Å². The molecular weight excluding hydrogens is 398 g/mol. The van der Waals surface area contributed by atoms with Crippen LogP contribution in [0.2, 0.25) is 0 Å². The van der Waals surface area contributed by atoms with E-state index in [0.717, 1.165) is 25.7 Å². The van der Waals surface area contributed by atoms with E-state index in [2.05, 4.69) is 6.92 Å². The Hall–Kier alpha value is -2.90. The first-order chi connectivity index (χ1) is 14.9. The number of fused-ring (bicyclic) bond motifs is 3. The van der Waals surface area contributed by atoms with Crippen LogP contribution in [-0.4, -0.2) is 64.9 Å². The fourth-order valence-corrected chi connectivity index (χ4v) is 5.26. The molecule has 3 amide bonds. The van der Waals surface area contributed by atoms with Crippen LogP contribution in [0.25, 0.3) is 0 Å². The lowest BCUT2D eigenvalue weighted by Crippen LogP contribution is -2.69. The van der Waals surface area contributed by atoms with Gasteiger partial charge in [-0.1, -0.05) is 19.1 Å². The Morgan fingerprint density at radius 3 is 2.68 bits per heavy atom. The Kier molecular flexibility index (Phi) is 4.75. The SMILES string of the molecule is C[C@@H]1CCCN(C(=O)COC(=O)[C@@]23CCC(=O)N2c2ccccc2C(=O)N3C2CC2)C1. The first-order valence-electron chi connectivity index (χ1n) is 11.1. The van der Waals surface area contributed by atoms with Crippen molar-refractivity contribution < 1.29 is 23.9 Å². The van der Waals surface area contributed by atoms with Crippen molar-refractivity contribution >= 4 is 29.4 Å². The summed E-state index contributed by atoms with van der Waals surface area (Å²) in [5.41, 5.74) is -0.634. The van der Waals surface area contributed by atoms with Crippen molar-refractivity contribution in [3.8, 4) is 0 Å². The van der Waals surface area contributed by atoms with Crippen molar-refractivity contribution in [3.63, 3.8) is 0 Å². The van der Waals surface area contributed by atoms with Crippen LogP contribution in [0, 0.1) is 5.92 Å². The number of nitrogens with zero attached hydrogens (tertiary/aromatic N) is 3. The molecular formula is C23H27N3O5. The van der Waals surface area contributed by atoms with Crippen LogP contribution < -0.4 is 4.90 Å². The number of ether oxygens (including phenoxy) is 1. The van der Waals surface area contributed by atoms with Crippen LogP contribution in [-0.2, 0) is 19.1 Å². The minimum atomic E-state index is -1.50. The third-order valence-electron chi connectivity index (χ3n) is 6.87. The monoisotopic (exact) mass is 425 g/mol. The van der Waals surface area contributed by atoms with E-state index in [1.165, 1.54) is 4.90 Å². The van der Waals surface area contributed by atoms with Gasteiger partial charge in [0.05, 0.1) is 11.3 Å². The van der Waals surface area contributed by atoms with Gasteiger partial charge in [-0.2, -0.15) is 0 Å². The molecule has 2 saturated heterocycles. The summed E-state index contributed by atoms with van der Waals surface area (Å²) in [7, 11) is 0. The lowest BCUT2D eigenvalue weighted by molar-refractivity contribution is -0.162. The summed E-state index contributed by atoms with van der Waals surface area (Å²) < 4.78 is 5.54. The van der Waals surface area contributed by atoms with Crippen molar-refractivity contribution in [3.05, 3.63) is 29.8 Å². The summed E-state index contributed by atoms with van der Waals surface area (Å²) in [5.74, 6) is -0.956. The molecule has 0 radical (unpaired) electrons. The molecule has 2 atom stereocenters. The second kappa shape index (κ2) is 7.35. The molecule has 8 nitrogen and oxygen atoms in total. The van der Waals surface area contributed by atoms with Gasteiger partial charge < -0.3 is 14.5 Å². The van der Waals surface area contributed by atoms with Crippen LogP contribution in [0.15, 0.2) is 24.3 Å². The van der Waals surface area contributed by atoms with Crippen molar-refractivity contribution in [2.75, 3.05) is 24.6 Å². The van der Waals surface area contributed by atoms with E-state index in [4.69, 9.17) is 4.74 Å². The van der Waals surface area contributed by atoms with Gasteiger partial charge in [0.1, 0.15) is 0 Å². The number of anilines is 1. The van der Waals surface area contributed by atoms with Crippen LogP contribution >= 0.6 is 0 Å². The second-order valence-corrected chi connectivity index (χ2v) is 9.13. The van der Waals surface area contributed by atoms with Gasteiger partial charge >= 0.3 is 5.97 Å². The highest BCUT2D eigenvalue weighted by molar-refractivity contribution is 6.15. The maximum atomic E-state index is 13.5. The zero-order valence-corrected chi connectivity index (χ0v) is 17.7. The maximum absolute atomic E-state index is 13.5. The van der Waals surface area contributed by atoms with Crippen LogP contribution in [0.5, 0.6) is 0 Å². The number of carbonyl (C=O) groups excluding carboxylic acids is 4. The molecule has 0 aromatic heterocycles. The van der Waals surface area contributed by atoms with E-state index in [0.29, 0.717) is 30.3 Å². The van der Waals surface area contributed by atoms with Gasteiger partial charge in [0.25, 0.3) is 11.8 Å². The molecule has 8 heteroatoms. The van der Waals surface area contributed by atoms with Crippen molar-refractivity contribution in [2.45, 2.75) is 57.2 Å². The molecule has 3 fully saturated rings. The van der Waals surface area contributed by atoms with Crippen LogP contribution in [0.1, 0.15) is 55.8 Å². The fourth-order valence-electron chi connectivity index (χ4n) is 5.26. The molecule has 0 unspecified atom stereocenters. The van der Waals surface area contributed by atoms with Gasteiger partial charge in [-0.25, -0.2) is 4.79 Å². The number of carbonyl (C=O) groups is 4. The summed E-state index contributed by atoms with van der Waals surface area (Å²) in [4.78, 5) is 57.2. The third-order valence-corrected chi connectivity index (χ3v) is 6.87. The number of amides is 3. The van der Waals surface area contributed by atoms with E-state index >= 15 is 0 Å². The Labute approximate surface area is 181 Å². The van der Waals surface area contributed by atoms with Crippen LogP contribution in [0.4, 0.5) is 5.69 Å². The molecule has 3 aliphatic heterocycles. The number of esters is 1. The molecule has 5 rings (SSSR count). The largest absolute Gasteiger partial charge is 0.452 e. The minimum Gasteiger partial charge on any atom is -0.452 e. The number of rotatable bonds is 4. The molecule has 164 valence electrons. The molecule has 1 aromatic carbocycles. The number of hydrogen-bond acceptors (Lipinski definition) is 5. The van der Waals surface area contributed by atoms with Gasteiger partial charge in [0, 0.05) is 32.0 Å². The molecule has 0 bridgehead atoms. The summed E-state index contributed by atoms with van der Waals surface area (Å²) >= 11 is 0. The molecule has 4 aliphatic rings. The van der Waals surface area contributed by atoms with Crippen LogP contribution in [0.3, 0.4) is 0 Å². The molecule has 1 saturated carbocycles. The van der Waals surface area contributed by atoms with Crippen molar-refractivity contribution in [2.24, 2.45) is 5.92 Å².